The number of nitro groups is 1. The Hall–Kier alpha value is -2.93. The van der Waals surface area contributed by atoms with Crippen LogP contribution in [0.1, 0.15) is 59.2 Å². The molecule has 8 heteroatoms. The first kappa shape index (κ1) is 21.3. The van der Waals surface area contributed by atoms with E-state index in [4.69, 9.17) is 11.6 Å². The largest absolute Gasteiger partial charge is 0.335 e. The van der Waals surface area contributed by atoms with E-state index >= 15 is 0 Å². The minimum absolute atomic E-state index is 0.0304. The van der Waals surface area contributed by atoms with Gasteiger partial charge in [0.2, 0.25) is 0 Å². The maximum absolute atomic E-state index is 13.1. The smallest absolute Gasteiger partial charge is 0.283 e. The fourth-order valence-electron chi connectivity index (χ4n) is 4.79. The lowest BCUT2D eigenvalue weighted by Crippen LogP contribution is -2.49. The minimum Gasteiger partial charge on any atom is -0.335 e. The van der Waals surface area contributed by atoms with E-state index in [0.29, 0.717) is 23.2 Å². The molecular weight excluding hydrogens is 418 g/mol. The first-order valence-electron chi connectivity index (χ1n) is 10.6. The Morgan fingerprint density at radius 3 is 2.48 bits per heavy atom. The number of hydrogen-bond acceptors (Lipinski definition) is 4. The minimum atomic E-state index is -0.639. The molecule has 4 rings (SSSR count). The molecule has 31 heavy (non-hydrogen) atoms. The van der Waals surface area contributed by atoms with Gasteiger partial charge in [0.25, 0.3) is 17.5 Å². The molecule has 1 saturated carbocycles. The van der Waals surface area contributed by atoms with Crippen molar-refractivity contribution in [1.29, 1.82) is 0 Å². The molecular formula is C23H24ClN3O4. The Morgan fingerprint density at radius 2 is 1.74 bits per heavy atom. The molecule has 0 unspecified atom stereocenters. The van der Waals surface area contributed by atoms with Crippen LogP contribution in [0.4, 0.5) is 11.4 Å². The number of carbonyl (C=O) groups is 2. The number of nitrogens with zero attached hydrogens (tertiary/aromatic N) is 2. The van der Waals surface area contributed by atoms with E-state index in [1.165, 1.54) is 37.8 Å². The number of rotatable bonds is 4. The van der Waals surface area contributed by atoms with Crippen molar-refractivity contribution in [3.8, 4) is 0 Å². The lowest BCUT2D eigenvalue weighted by atomic mass is 9.78. The normalized spacial score (nSPS) is 20.6. The number of nitrogens with one attached hydrogen (secondary N) is 1. The Labute approximate surface area is 185 Å². The van der Waals surface area contributed by atoms with Crippen LogP contribution in [0.15, 0.2) is 42.5 Å². The third-order valence-corrected chi connectivity index (χ3v) is 6.53. The molecule has 1 N–H and O–H groups in total. The zero-order valence-corrected chi connectivity index (χ0v) is 17.8. The molecule has 0 spiro atoms. The number of piperidine rings is 1. The van der Waals surface area contributed by atoms with E-state index in [2.05, 4.69) is 5.32 Å². The van der Waals surface area contributed by atoms with Crippen molar-refractivity contribution >= 4 is 34.8 Å². The van der Waals surface area contributed by atoms with E-state index in [1.807, 2.05) is 4.90 Å². The second-order valence-corrected chi connectivity index (χ2v) is 8.64. The van der Waals surface area contributed by atoms with Crippen molar-refractivity contribution in [3.05, 3.63) is 68.7 Å². The molecule has 1 aliphatic carbocycles. The number of benzene rings is 2. The van der Waals surface area contributed by atoms with Crippen LogP contribution in [0, 0.1) is 16.0 Å². The van der Waals surface area contributed by atoms with Gasteiger partial charge in [-0.05, 0) is 68.0 Å². The third-order valence-electron chi connectivity index (χ3n) is 6.29. The van der Waals surface area contributed by atoms with Crippen molar-refractivity contribution in [2.45, 2.75) is 44.6 Å². The number of amides is 2. The Bertz CT molecular complexity index is 1010. The maximum Gasteiger partial charge on any atom is 0.283 e. The highest BCUT2D eigenvalue weighted by Crippen LogP contribution is 2.36. The van der Waals surface area contributed by atoms with E-state index in [9.17, 15) is 19.7 Å². The summed E-state index contributed by atoms with van der Waals surface area (Å²) in [4.78, 5) is 38.3. The molecule has 0 bridgehead atoms. The fraction of sp³-hybridized carbons (Fsp3) is 0.391. The highest BCUT2D eigenvalue weighted by molar-refractivity contribution is 6.31. The van der Waals surface area contributed by atoms with Gasteiger partial charge in [0, 0.05) is 34.9 Å². The quantitative estimate of drug-likeness (QED) is 0.515. The molecule has 2 fully saturated rings. The summed E-state index contributed by atoms with van der Waals surface area (Å²) < 4.78 is 0. The molecule has 162 valence electrons. The zero-order chi connectivity index (χ0) is 22.0. The van der Waals surface area contributed by atoms with E-state index < -0.39 is 10.8 Å². The summed E-state index contributed by atoms with van der Waals surface area (Å²) in [5.74, 6) is 0.0338. The molecule has 0 radical (unpaired) electrons. The maximum atomic E-state index is 13.1. The number of carbonyl (C=O) groups excluding carboxylic acids is 2. The van der Waals surface area contributed by atoms with Gasteiger partial charge in [-0.2, -0.15) is 0 Å². The first-order chi connectivity index (χ1) is 14.9. The number of likely N-dealkylation sites (tertiary alicyclic amines) is 1. The lowest BCUT2D eigenvalue weighted by Gasteiger charge is -2.44. The van der Waals surface area contributed by atoms with Crippen LogP contribution in [-0.4, -0.2) is 34.2 Å². The molecule has 2 atom stereocenters. The highest BCUT2D eigenvalue weighted by Gasteiger charge is 2.35. The van der Waals surface area contributed by atoms with Gasteiger partial charge in [-0.3, -0.25) is 19.7 Å². The molecule has 1 aliphatic heterocycles. The molecule has 7 nitrogen and oxygen atoms in total. The number of nitro benzene ring substituents is 1. The van der Waals surface area contributed by atoms with Gasteiger partial charge in [0.1, 0.15) is 5.56 Å². The van der Waals surface area contributed by atoms with Crippen molar-refractivity contribution in [2.24, 2.45) is 5.92 Å². The van der Waals surface area contributed by atoms with Gasteiger partial charge in [-0.15, -0.1) is 0 Å². The highest BCUT2D eigenvalue weighted by atomic mass is 35.5. The first-order valence-corrected chi connectivity index (χ1v) is 11.0. The third kappa shape index (κ3) is 4.56. The van der Waals surface area contributed by atoms with Crippen LogP contribution in [0.25, 0.3) is 0 Å². The molecule has 1 heterocycles. The molecule has 0 aromatic heterocycles. The Balaban J connectivity index is 1.47. The summed E-state index contributed by atoms with van der Waals surface area (Å²) in [6.07, 6.45) is 6.95. The van der Waals surface area contributed by atoms with Crippen molar-refractivity contribution in [3.63, 3.8) is 0 Å². The van der Waals surface area contributed by atoms with Crippen LogP contribution in [0.3, 0.4) is 0 Å². The molecule has 2 aliphatic rings. The Morgan fingerprint density at radius 1 is 1.03 bits per heavy atom. The summed E-state index contributed by atoms with van der Waals surface area (Å²) in [5.41, 5.74) is 0.608. The standard InChI is InChI=1S/C23H24ClN3O4/c24-17-9-12-19(21(14-17)27(30)31)22(28)25-18-10-7-16(8-11-18)23(29)26-13-3-5-15-4-1-2-6-20(15)26/h7-12,14-15,20H,1-6,13H2,(H,25,28)/t15-,20-/m0/s1. The molecule has 1 saturated heterocycles. The monoisotopic (exact) mass is 441 g/mol. The topological polar surface area (TPSA) is 92.6 Å². The van der Waals surface area contributed by atoms with Crippen LogP contribution in [-0.2, 0) is 0 Å². The van der Waals surface area contributed by atoms with Crippen molar-refractivity contribution in [1.82, 2.24) is 4.90 Å². The van der Waals surface area contributed by atoms with Gasteiger partial charge >= 0.3 is 0 Å². The van der Waals surface area contributed by atoms with Crippen LogP contribution >= 0.6 is 11.6 Å². The summed E-state index contributed by atoms with van der Waals surface area (Å²) in [6, 6.07) is 10.9. The van der Waals surface area contributed by atoms with Gasteiger partial charge in [0.05, 0.1) is 4.92 Å². The van der Waals surface area contributed by atoms with Crippen molar-refractivity contribution in [2.75, 3.05) is 11.9 Å². The fourth-order valence-corrected chi connectivity index (χ4v) is 4.95. The van der Waals surface area contributed by atoms with Crippen LogP contribution in [0.5, 0.6) is 0 Å². The second kappa shape index (κ2) is 9.06. The van der Waals surface area contributed by atoms with Gasteiger partial charge in [0.15, 0.2) is 0 Å². The average molecular weight is 442 g/mol. The van der Waals surface area contributed by atoms with Crippen molar-refractivity contribution < 1.29 is 14.5 Å². The molecule has 2 amide bonds. The van der Waals surface area contributed by atoms with Gasteiger partial charge in [-0.25, -0.2) is 0 Å². The number of halogens is 1. The predicted molar refractivity (Wildman–Crippen MR) is 119 cm³/mol. The molecule has 2 aromatic carbocycles. The predicted octanol–water partition coefficient (Wildman–Crippen LogP) is 5.30. The zero-order valence-electron chi connectivity index (χ0n) is 17.1. The summed E-state index contributed by atoms with van der Waals surface area (Å²) in [5, 5.41) is 14.1. The van der Waals surface area contributed by atoms with E-state index in [0.717, 1.165) is 25.5 Å². The number of anilines is 1. The van der Waals surface area contributed by atoms with Gasteiger partial charge < -0.3 is 10.2 Å². The SMILES string of the molecule is O=C(Nc1ccc(C(=O)N2CCC[C@@H]3CCCC[C@@H]32)cc1)c1ccc(Cl)cc1[N+](=O)[O-]. The molecule has 2 aromatic rings. The van der Waals surface area contributed by atoms with E-state index in [-0.39, 0.29) is 22.2 Å². The van der Waals surface area contributed by atoms with Crippen LogP contribution in [0.2, 0.25) is 5.02 Å². The summed E-state index contributed by atoms with van der Waals surface area (Å²) in [7, 11) is 0. The average Bonchev–Trinajstić information content (AvgIpc) is 2.78. The number of hydrogen-bond donors (Lipinski definition) is 1. The van der Waals surface area contributed by atoms with Crippen LogP contribution < -0.4 is 5.32 Å². The number of fused-ring (bicyclic) bond motifs is 1. The second-order valence-electron chi connectivity index (χ2n) is 8.20. The summed E-state index contributed by atoms with van der Waals surface area (Å²) in [6.45, 7) is 0.790. The summed E-state index contributed by atoms with van der Waals surface area (Å²) >= 11 is 5.81. The van der Waals surface area contributed by atoms with Gasteiger partial charge in [-0.1, -0.05) is 24.4 Å². The lowest BCUT2D eigenvalue weighted by molar-refractivity contribution is -0.385. The van der Waals surface area contributed by atoms with E-state index in [1.54, 1.807) is 24.3 Å². The Kier molecular flexibility index (Phi) is 6.23.